The Morgan fingerprint density at radius 1 is 0.651 bits per heavy atom. The molecule has 0 saturated heterocycles. The van der Waals surface area contributed by atoms with Crippen LogP contribution in [0.5, 0.6) is 0 Å². The van der Waals surface area contributed by atoms with E-state index in [1.807, 2.05) is 0 Å². The zero-order valence-electron chi connectivity index (χ0n) is 25.5. The van der Waals surface area contributed by atoms with E-state index in [-0.39, 0.29) is 5.41 Å². The highest BCUT2D eigenvalue weighted by molar-refractivity contribution is 9.10. The molecule has 0 fully saturated rings. The molecule has 4 nitrogen and oxygen atoms in total. The molecule has 2 aliphatic rings. The summed E-state index contributed by atoms with van der Waals surface area (Å²) in [6.07, 6.45) is 5.18. The lowest BCUT2D eigenvalue weighted by molar-refractivity contribution is 0.543. The number of halogens is 1. The largest absolute Gasteiger partial charge is 0.355 e. The van der Waals surface area contributed by atoms with E-state index in [1.54, 1.807) is 0 Å². The van der Waals surface area contributed by atoms with Gasteiger partial charge >= 0.3 is 0 Å². The molecule has 0 aliphatic carbocycles. The number of H-pyrrole nitrogens is 2. The number of rotatable bonds is 2. The van der Waals surface area contributed by atoms with E-state index in [2.05, 4.69) is 146 Å². The Labute approximate surface area is 261 Å². The summed E-state index contributed by atoms with van der Waals surface area (Å²) >= 11 is 3.87. The van der Waals surface area contributed by atoms with Crippen LogP contribution in [0, 0.1) is 27.7 Å². The molecule has 8 bridgehead atoms. The highest BCUT2D eigenvalue weighted by Crippen LogP contribution is 2.39. The highest BCUT2D eigenvalue weighted by atomic mass is 79.9. The van der Waals surface area contributed by atoms with Crippen LogP contribution in [0.4, 0.5) is 0 Å². The van der Waals surface area contributed by atoms with Gasteiger partial charge in [-0.2, -0.15) is 0 Å². The van der Waals surface area contributed by atoms with Crippen LogP contribution in [0.1, 0.15) is 58.9 Å². The summed E-state index contributed by atoms with van der Waals surface area (Å²) in [5.41, 5.74) is 17.5. The summed E-state index contributed by atoms with van der Waals surface area (Å²) in [7, 11) is 0. The van der Waals surface area contributed by atoms with Gasteiger partial charge in [0.15, 0.2) is 0 Å². The summed E-state index contributed by atoms with van der Waals surface area (Å²) in [4.78, 5) is 17.9. The molecule has 5 aromatic rings. The zero-order valence-corrected chi connectivity index (χ0v) is 27.1. The summed E-state index contributed by atoms with van der Waals surface area (Å²) < 4.78 is 1.01. The van der Waals surface area contributed by atoms with Crippen molar-refractivity contribution in [2.45, 2.75) is 53.4 Å². The van der Waals surface area contributed by atoms with Crippen LogP contribution >= 0.6 is 15.9 Å². The molecule has 0 saturated carbocycles. The molecule has 43 heavy (non-hydrogen) atoms. The van der Waals surface area contributed by atoms with Crippen molar-refractivity contribution in [2.75, 3.05) is 0 Å². The molecule has 0 atom stereocenters. The molecule has 2 aromatic carbocycles. The van der Waals surface area contributed by atoms with Crippen molar-refractivity contribution in [1.82, 2.24) is 19.9 Å². The smallest absolute Gasteiger partial charge is 0.0737 e. The minimum atomic E-state index is -0.0778. The van der Waals surface area contributed by atoms with Crippen molar-refractivity contribution < 1.29 is 0 Å². The van der Waals surface area contributed by atoms with Crippen LogP contribution in [0.3, 0.4) is 0 Å². The second-order valence-electron chi connectivity index (χ2n) is 12.7. The Hall–Kier alpha value is -4.22. The standard InChI is InChI=1S/C38H35BrN4/c1-21-7-9-25(10-8-21)36-29-12-11-26(40-29)18-34-38(5,6)20-27(41-34)17-32-28(39)19-33(43-32)37(31-14-13-30(36)42-31)35-23(3)15-22(2)16-24(35)4/h7-19,40,43H,20H2,1-6H3. The maximum atomic E-state index is 5.36. The number of nitrogens with one attached hydrogen (secondary N) is 2. The number of aromatic nitrogens is 4. The van der Waals surface area contributed by atoms with E-state index in [1.165, 1.54) is 27.8 Å². The molecule has 0 radical (unpaired) electrons. The van der Waals surface area contributed by atoms with Gasteiger partial charge in [-0.1, -0.05) is 61.4 Å². The molecule has 5 heteroatoms. The molecule has 0 spiro atoms. The Balaban J connectivity index is 1.67. The Bertz CT molecular complexity index is 2100. The zero-order chi connectivity index (χ0) is 30.0. The topological polar surface area (TPSA) is 57.4 Å². The van der Waals surface area contributed by atoms with Crippen LogP contribution in [0.2, 0.25) is 0 Å². The van der Waals surface area contributed by atoms with E-state index in [4.69, 9.17) is 9.97 Å². The number of hydrogen-bond donors (Lipinski definition) is 2. The van der Waals surface area contributed by atoms with Crippen LogP contribution < -0.4 is 0 Å². The van der Waals surface area contributed by atoms with Crippen molar-refractivity contribution in [3.05, 3.63) is 116 Å². The molecule has 2 aliphatic heterocycles. The summed E-state index contributed by atoms with van der Waals surface area (Å²) in [5.74, 6) is 0. The van der Waals surface area contributed by atoms with E-state index in [9.17, 15) is 0 Å². The van der Waals surface area contributed by atoms with Gasteiger partial charge in [0.25, 0.3) is 0 Å². The van der Waals surface area contributed by atoms with Crippen molar-refractivity contribution in [3.63, 3.8) is 0 Å². The van der Waals surface area contributed by atoms with Gasteiger partial charge in [-0.3, -0.25) is 4.98 Å². The molecule has 214 valence electrons. The fraction of sp³-hybridized carbons (Fsp3) is 0.211. The van der Waals surface area contributed by atoms with Crippen LogP contribution in [0.15, 0.2) is 71.2 Å². The summed E-state index contributed by atoms with van der Waals surface area (Å²) in [6, 6.07) is 24.1. The molecule has 3 aromatic heterocycles. The monoisotopic (exact) mass is 626 g/mol. The highest BCUT2D eigenvalue weighted by Gasteiger charge is 2.28. The molecular weight excluding hydrogens is 592 g/mol. The van der Waals surface area contributed by atoms with Gasteiger partial charge in [-0.25, -0.2) is 4.98 Å². The van der Waals surface area contributed by atoms with Gasteiger partial charge in [0.2, 0.25) is 0 Å². The minimum Gasteiger partial charge on any atom is -0.355 e. The van der Waals surface area contributed by atoms with Gasteiger partial charge in [0.05, 0.1) is 16.9 Å². The third-order valence-electron chi connectivity index (χ3n) is 8.65. The van der Waals surface area contributed by atoms with Crippen molar-refractivity contribution in [3.8, 4) is 22.3 Å². The maximum absolute atomic E-state index is 5.36. The first kappa shape index (κ1) is 27.6. The summed E-state index contributed by atoms with van der Waals surface area (Å²) in [5, 5.41) is 0. The third-order valence-corrected chi connectivity index (χ3v) is 9.30. The molecule has 7 rings (SSSR count). The molecular formula is C38H35BrN4. The lowest BCUT2D eigenvalue weighted by Gasteiger charge is -2.15. The normalized spacial score (nSPS) is 13.9. The summed E-state index contributed by atoms with van der Waals surface area (Å²) in [6.45, 7) is 13.2. The van der Waals surface area contributed by atoms with Crippen LogP contribution in [-0.2, 0) is 11.8 Å². The average Bonchev–Trinajstić information content (AvgIpc) is 3.72. The van der Waals surface area contributed by atoms with Gasteiger partial charge in [-0.05, 0) is 108 Å². The first-order chi connectivity index (χ1) is 20.6. The number of hydrogen-bond acceptors (Lipinski definition) is 2. The minimum absolute atomic E-state index is 0.0778. The van der Waals surface area contributed by atoms with Crippen molar-refractivity contribution >= 4 is 50.1 Å². The van der Waals surface area contributed by atoms with E-state index in [0.29, 0.717) is 0 Å². The lowest BCUT2D eigenvalue weighted by Crippen LogP contribution is -2.14. The first-order valence-electron chi connectivity index (χ1n) is 14.8. The van der Waals surface area contributed by atoms with Gasteiger partial charge in [-0.15, -0.1) is 0 Å². The predicted octanol–water partition coefficient (Wildman–Crippen LogP) is 10.3. The Morgan fingerprint density at radius 2 is 1.35 bits per heavy atom. The van der Waals surface area contributed by atoms with Crippen LogP contribution in [0.25, 0.3) is 56.5 Å². The van der Waals surface area contributed by atoms with E-state index < -0.39 is 0 Å². The second-order valence-corrected chi connectivity index (χ2v) is 13.6. The number of aromatic amines is 2. The van der Waals surface area contributed by atoms with Crippen molar-refractivity contribution in [1.29, 1.82) is 0 Å². The molecule has 0 amide bonds. The van der Waals surface area contributed by atoms with Gasteiger partial charge in [0, 0.05) is 55.4 Å². The quantitative estimate of drug-likeness (QED) is 0.201. The van der Waals surface area contributed by atoms with Crippen LogP contribution in [-0.4, -0.2) is 19.9 Å². The number of nitrogens with zero attached hydrogens (tertiary/aromatic N) is 2. The third kappa shape index (κ3) is 4.96. The second kappa shape index (κ2) is 10.2. The number of aryl methyl sites for hydroxylation is 4. The van der Waals surface area contributed by atoms with E-state index in [0.717, 1.165) is 72.4 Å². The van der Waals surface area contributed by atoms with Gasteiger partial charge in [0.1, 0.15) is 0 Å². The fourth-order valence-electron chi connectivity index (χ4n) is 6.62. The number of benzene rings is 2. The maximum Gasteiger partial charge on any atom is 0.0737 e. The first-order valence-corrected chi connectivity index (χ1v) is 15.6. The average molecular weight is 628 g/mol. The van der Waals surface area contributed by atoms with Gasteiger partial charge < -0.3 is 9.97 Å². The fourth-order valence-corrected chi connectivity index (χ4v) is 7.06. The predicted molar refractivity (Wildman–Crippen MR) is 184 cm³/mol. The lowest BCUT2D eigenvalue weighted by atomic mass is 9.87. The Morgan fingerprint density at radius 3 is 2.07 bits per heavy atom. The number of fused-ring (bicyclic) bond motifs is 8. The molecule has 5 heterocycles. The van der Waals surface area contributed by atoms with Crippen molar-refractivity contribution in [2.24, 2.45) is 0 Å². The van der Waals surface area contributed by atoms with E-state index >= 15 is 0 Å². The molecule has 2 N–H and O–H groups in total. The SMILES string of the molecule is Cc1ccc(-c2c3nc(c(-c4c(C)cc(C)cc4C)c4cc(Br)c(cc5nc(cc6ccc2[nH]6)C(C)(C)C5)[nH]4)C=C3)cc1. The molecule has 0 unspecified atom stereocenters. The Kier molecular flexibility index (Phi) is 6.55.